The van der Waals surface area contributed by atoms with Crippen molar-refractivity contribution in [3.8, 4) is 0 Å². The Hall–Kier alpha value is -3.21. The molecule has 2 unspecified atom stereocenters. The summed E-state index contributed by atoms with van der Waals surface area (Å²) in [6, 6.07) is 5.35. The molecule has 5 nitrogen and oxygen atoms in total. The quantitative estimate of drug-likeness (QED) is 0.192. The number of fused-ring (bicyclic) bond motifs is 1. The van der Waals surface area contributed by atoms with Gasteiger partial charge >= 0.3 is 29.7 Å². The summed E-state index contributed by atoms with van der Waals surface area (Å²) >= 11 is 5.57. The van der Waals surface area contributed by atoms with Crippen LogP contribution in [0.5, 0.6) is 0 Å². The van der Waals surface area contributed by atoms with Gasteiger partial charge in [0.05, 0.1) is 15.6 Å². The van der Waals surface area contributed by atoms with Crippen LogP contribution in [0.1, 0.15) is 15.9 Å². The molecular formula is C21H10ClF11N2O3S. The van der Waals surface area contributed by atoms with Crippen LogP contribution in [0.25, 0.3) is 10.9 Å². The van der Waals surface area contributed by atoms with E-state index in [4.69, 9.17) is 11.6 Å². The van der Waals surface area contributed by atoms with Crippen molar-refractivity contribution in [1.82, 2.24) is 0 Å². The van der Waals surface area contributed by atoms with Crippen LogP contribution in [0.4, 0.5) is 54.0 Å². The number of amides is 1. The van der Waals surface area contributed by atoms with Crippen molar-refractivity contribution in [2.75, 3.05) is 5.32 Å². The fraction of sp³-hybridized carbons (Fsp3) is 0.238. The number of alkyl halides is 11. The predicted molar refractivity (Wildman–Crippen MR) is 115 cm³/mol. The zero-order valence-electron chi connectivity index (χ0n) is 18.3. The zero-order valence-corrected chi connectivity index (χ0v) is 19.9. The molecule has 0 spiro atoms. The van der Waals surface area contributed by atoms with Gasteiger partial charge in [0, 0.05) is 28.6 Å². The molecule has 2 aromatic carbocycles. The van der Waals surface area contributed by atoms with Gasteiger partial charge in [-0.15, -0.1) is 0 Å². The van der Waals surface area contributed by atoms with Gasteiger partial charge in [0.25, 0.3) is 5.91 Å². The van der Waals surface area contributed by atoms with Gasteiger partial charge in [-0.2, -0.15) is 48.6 Å². The second-order valence-electron chi connectivity index (χ2n) is 7.65. The van der Waals surface area contributed by atoms with Crippen LogP contribution in [0.2, 0.25) is 5.02 Å². The molecule has 0 aliphatic carbocycles. The highest BCUT2D eigenvalue weighted by Gasteiger charge is 2.82. The summed E-state index contributed by atoms with van der Waals surface area (Å²) in [5.41, 5.74) is -11.4. The fourth-order valence-electron chi connectivity index (χ4n) is 3.41. The number of anilines is 1. The maximum absolute atomic E-state index is 15.1. The number of halogens is 12. The minimum absolute atomic E-state index is 0.0718. The normalized spacial score (nSPS) is 15.3. The largest absolute Gasteiger partial charge is 0.618 e. The van der Waals surface area contributed by atoms with Crippen LogP contribution in [-0.2, 0) is 16.5 Å². The standard InChI is InChI=1S/C21H10ClF11N2O3S/c22-14-11(18(25,20(28,29)30)19(26,27)21(31,32)33)5-6-13(39(38)17(23)24)15(14)34-16(36)10-4-3-9-2-1-7-35(37)12(9)8-10/h1-8,17H,(H,34,36). The third-order valence-corrected chi connectivity index (χ3v) is 6.79. The molecule has 0 aliphatic rings. The van der Waals surface area contributed by atoms with Gasteiger partial charge in [-0.1, -0.05) is 17.7 Å². The van der Waals surface area contributed by atoms with Crippen molar-refractivity contribution in [2.24, 2.45) is 0 Å². The number of rotatable bonds is 6. The van der Waals surface area contributed by atoms with E-state index in [1.54, 1.807) is 5.32 Å². The zero-order chi connectivity index (χ0) is 29.7. The maximum Gasteiger partial charge on any atom is 0.457 e. The van der Waals surface area contributed by atoms with Crippen molar-refractivity contribution < 1.29 is 62.0 Å². The smallest absolute Gasteiger partial charge is 0.457 e. The average Bonchev–Trinajstić information content (AvgIpc) is 2.82. The van der Waals surface area contributed by atoms with Gasteiger partial charge in [-0.3, -0.25) is 4.79 Å². The molecule has 39 heavy (non-hydrogen) atoms. The lowest BCUT2D eigenvalue weighted by Crippen LogP contribution is -2.59. The average molecular weight is 615 g/mol. The summed E-state index contributed by atoms with van der Waals surface area (Å²) in [6.45, 7) is 0. The molecule has 212 valence electrons. The number of carbonyl (C=O) groups excluding carboxylic acids is 1. The van der Waals surface area contributed by atoms with Crippen LogP contribution in [0.15, 0.2) is 53.6 Å². The lowest BCUT2D eigenvalue weighted by atomic mass is 9.87. The van der Waals surface area contributed by atoms with Crippen molar-refractivity contribution in [1.29, 1.82) is 0 Å². The Morgan fingerprint density at radius 2 is 1.56 bits per heavy atom. The number of carbonyl (C=O) groups is 1. The SMILES string of the molecule is O=C(Nc1c(S(=O)C(F)F)ccc(C(F)(C(F)(F)F)C(F)(F)C(F)(F)F)c1Cl)c1ccc2ccc[n+]([O-])c2c1. The topological polar surface area (TPSA) is 73.1 Å². The van der Waals surface area contributed by atoms with E-state index in [9.17, 15) is 58.1 Å². The monoisotopic (exact) mass is 614 g/mol. The fourth-order valence-corrected chi connectivity index (χ4v) is 4.55. The molecule has 0 bridgehead atoms. The Morgan fingerprint density at radius 1 is 0.949 bits per heavy atom. The summed E-state index contributed by atoms with van der Waals surface area (Å²) in [4.78, 5) is 11.4. The molecule has 1 amide bonds. The molecule has 1 heterocycles. The van der Waals surface area contributed by atoms with Crippen molar-refractivity contribution in [2.45, 2.75) is 34.6 Å². The highest BCUT2D eigenvalue weighted by molar-refractivity contribution is 7.85. The molecule has 2 atom stereocenters. The van der Waals surface area contributed by atoms with Gasteiger partial charge in [0.15, 0.2) is 6.20 Å². The highest BCUT2D eigenvalue weighted by atomic mass is 35.5. The number of nitrogens with zero attached hydrogens (tertiary/aromatic N) is 1. The Balaban J connectivity index is 2.27. The molecule has 1 aromatic heterocycles. The Bertz CT molecular complexity index is 1460. The summed E-state index contributed by atoms with van der Waals surface area (Å²) in [7, 11) is -3.55. The van der Waals surface area contributed by atoms with Gasteiger partial charge in [0.2, 0.25) is 5.52 Å². The molecule has 0 radical (unpaired) electrons. The van der Waals surface area contributed by atoms with E-state index < -0.39 is 79.2 Å². The van der Waals surface area contributed by atoms with E-state index in [1.807, 2.05) is 0 Å². The van der Waals surface area contributed by atoms with Crippen LogP contribution in [-0.4, -0.2) is 34.1 Å². The third kappa shape index (κ3) is 5.08. The molecule has 18 heteroatoms. The maximum atomic E-state index is 15.1. The van der Waals surface area contributed by atoms with Gasteiger partial charge in [-0.25, -0.2) is 8.60 Å². The third-order valence-electron chi connectivity index (χ3n) is 5.30. The molecule has 0 saturated heterocycles. The van der Waals surface area contributed by atoms with Gasteiger partial charge in [-0.05, 0) is 24.3 Å². The number of hydrogen-bond acceptors (Lipinski definition) is 3. The molecule has 0 fully saturated rings. The first-order valence-electron chi connectivity index (χ1n) is 9.91. The first-order valence-corrected chi connectivity index (χ1v) is 11.5. The van der Waals surface area contributed by atoms with Crippen LogP contribution < -0.4 is 10.0 Å². The second kappa shape index (κ2) is 10.1. The Kier molecular flexibility index (Phi) is 7.84. The summed E-state index contributed by atoms with van der Waals surface area (Å²) < 4.78 is 161. The van der Waals surface area contributed by atoms with E-state index in [0.29, 0.717) is 0 Å². The summed E-state index contributed by atoms with van der Waals surface area (Å²) in [5.74, 6) is -12.5. The van der Waals surface area contributed by atoms with E-state index in [-0.39, 0.29) is 21.7 Å². The van der Waals surface area contributed by atoms with Crippen molar-refractivity contribution in [3.05, 3.63) is 70.0 Å². The molecule has 0 saturated carbocycles. The van der Waals surface area contributed by atoms with E-state index in [0.717, 1.165) is 18.3 Å². The van der Waals surface area contributed by atoms with E-state index >= 15 is 4.39 Å². The summed E-state index contributed by atoms with van der Waals surface area (Å²) in [6.07, 6.45) is -13.1. The van der Waals surface area contributed by atoms with Gasteiger partial charge < -0.3 is 10.5 Å². The molecular weight excluding hydrogens is 605 g/mol. The molecule has 3 rings (SSSR count). The Labute approximate surface area is 217 Å². The second-order valence-corrected chi connectivity index (χ2v) is 9.42. The van der Waals surface area contributed by atoms with E-state index in [2.05, 4.69) is 0 Å². The lowest BCUT2D eigenvalue weighted by Gasteiger charge is -2.37. The van der Waals surface area contributed by atoms with Crippen molar-refractivity contribution in [3.63, 3.8) is 0 Å². The first-order chi connectivity index (χ1) is 17.8. The van der Waals surface area contributed by atoms with Crippen LogP contribution in [0, 0.1) is 5.21 Å². The number of benzene rings is 2. The van der Waals surface area contributed by atoms with Crippen molar-refractivity contribution >= 4 is 44.9 Å². The minimum atomic E-state index is -7.17. The predicted octanol–water partition coefficient (Wildman–Crippen LogP) is 6.63. The number of aromatic nitrogens is 1. The van der Waals surface area contributed by atoms with Crippen LogP contribution in [0.3, 0.4) is 0 Å². The molecule has 1 N–H and O–H groups in total. The molecule has 0 aliphatic heterocycles. The number of pyridine rings is 1. The first kappa shape index (κ1) is 30.3. The van der Waals surface area contributed by atoms with Crippen LogP contribution >= 0.6 is 11.6 Å². The highest BCUT2D eigenvalue weighted by Crippen LogP contribution is 2.60. The molecule has 3 aromatic rings. The summed E-state index contributed by atoms with van der Waals surface area (Å²) in [5, 5.41) is 11.8. The lowest BCUT2D eigenvalue weighted by molar-refractivity contribution is -0.577. The number of hydrogen-bond donors (Lipinski definition) is 1. The Morgan fingerprint density at radius 3 is 2.10 bits per heavy atom. The minimum Gasteiger partial charge on any atom is -0.618 e. The number of nitrogens with one attached hydrogen (secondary N) is 1. The van der Waals surface area contributed by atoms with Gasteiger partial charge in [0.1, 0.15) is 10.8 Å². The van der Waals surface area contributed by atoms with E-state index in [1.165, 1.54) is 18.2 Å².